The van der Waals surface area contributed by atoms with E-state index in [9.17, 15) is 4.79 Å². The Labute approximate surface area is 123 Å². The number of imidazole rings is 1. The minimum atomic E-state index is -0.149. The maximum Gasteiger partial charge on any atom is 0.240 e. The van der Waals surface area contributed by atoms with Gasteiger partial charge in [0.25, 0.3) is 0 Å². The van der Waals surface area contributed by atoms with Crippen LogP contribution in [0, 0.1) is 0 Å². The topological polar surface area (TPSA) is 77.6 Å². The third-order valence-electron chi connectivity index (χ3n) is 3.97. The molecule has 0 spiro atoms. The molecule has 2 heterocycles. The molecule has 0 unspecified atom stereocenters. The van der Waals surface area contributed by atoms with E-state index in [4.69, 9.17) is 0 Å². The van der Waals surface area contributed by atoms with Crippen molar-refractivity contribution in [3.63, 3.8) is 0 Å². The average Bonchev–Trinajstić information content (AvgIpc) is 3.20. The molecule has 0 aliphatic heterocycles. The second-order valence-electron chi connectivity index (χ2n) is 5.56. The quantitative estimate of drug-likeness (QED) is 0.903. The van der Waals surface area contributed by atoms with Gasteiger partial charge in [0.05, 0.1) is 12.4 Å². The Morgan fingerprint density at radius 3 is 2.95 bits per heavy atom. The highest BCUT2D eigenvalue weighted by Crippen LogP contribution is 2.30. The fraction of sp³-hybridized carbons (Fsp3) is 0.571. The van der Waals surface area contributed by atoms with Crippen LogP contribution in [0.25, 0.3) is 0 Å². The molecule has 21 heavy (non-hydrogen) atoms. The molecule has 0 saturated heterocycles. The Balaban J connectivity index is 1.63. The van der Waals surface area contributed by atoms with Gasteiger partial charge in [-0.1, -0.05) is 12.8 Å². The molecule has 7 nitrogen and oxygen atoms in total. The van der Waals surface area contributed by atoms with Crippen LogP contribution in [0.4, 0.5) is 0 Å². The van der Waals surface area contributed by atoms with E-state index in [1.165, 1.54) is 25.7 Å². The highest BCUT2D eigenvalue weighted by molar-refractivity contribution is 5.76. The summed E-state index contributed by atoms with van der Waals surface area (Å²) < 4.78 is 3.86. The van der Waals surface area contributed by atoms with Crippen molar-refractivity contribution in [3.8, 4) is 0 Å². The molecule has 2 aromatic rings. The second kappa shape index (κ2) is 6.07. The van der Waals surface area contributed by atoms with Gasteiger partial charge < -0.3 is 14.5 Å². The van der Waals surface area contributed by atoms with Gasteiger partial charge in [0.1, 0.15) is 12.9 Å². The van der Waals surface area contributed by atoms with Crippen LogP contribution in [0.3, 0.4) is 0 Å². The summed E-state index contributed by atoms with van der Waals surface area (Å²) >= 11 is 0. The first-order valence-corrected chi connectivity index (χ1v) is 7.38. The summed E-state index contributed by atoms with van der Waals surface area (Å²) in [6.45, 7) is 2.21. The molecular formula is C14H20N6O. The number of carbonyl (C=O) groups excluding carboxylic acids is 1. The predicted molar refractivity (Wildman–Crippen MR) is 76.3 cm³/mol. The lowest BCUT2D eigenvalue weighted by Gasteiger charge is -2.18. The Kier molecular flexibility index (Phi) is 3.98. The van der Waals surface area contributed by atoms with E-state index in [0.29, 0.717) is 6.04 Å². The number of hydrogen-bond donors (Lipinski definition) is 1. The van der Waals surface area contributed by atoms with E-state index in [1.807, 2.05) is 6.92 Å². The van der Waals surface area contributed by atoms with E-state index in [-0.39, 0.29) is 18.5 Å². The first kappa shape index (κ1) is 13.8. The standard InChI is InChI=1S/C14H20N6O/c1-11(17-13(21)8-19-7-6-15-9-19)14-18-16-10-20(14)12-4-2-3-5-12/h6-7,9-12H,2-5,8H2,1H3,(H,17,21)/t11-/m1/s1. The minimum Gasteiger partial charge on any atom is -0.345 e. The fourth-order valence-electron chi connectivity index (χ4n) is 2.92. The van der Waals surface area contributed by atoms with Gasteiger partial charge in [-0.2, -0.15) is 0 Å². The minimum absolute atomic E-state index is 0.0542. The summed E-state index contributed by atoms with van der Waals surface area (Å²) in [7, 11) is 0. The maximum atomic E-state index is 12.0. The van der Waals surface area contributed by atoms with Crippen LogP contribution < -0.4 is 5.32 Å². The van der Waals surface area contributed by atoms with Crippen molar-refractivity contribution < 1.29 is 4.79 Å². The lowest BCUT2D eigenvalue weighted by Crippen LogP contribution is -2.31. The van der Waals surface area contributed by atoms with Gasteiger partial charge in [0.15, 0.2) is 5.82 Å². The van der Waals surface area contributed by atoms with Crippen LogP contribution >= 0.6 is 0 Å². The molecule has 112 valence electrons. The number of hydrogen-bond acceptors (Lipinski definition) is 4. The fourth-order valence-corrected chi connectivity index (χ4v) is 2.92. The van der Waals surface area contributed by atoms with Crippen molar-refractivity contribution in [2.75, 3.05) is 0 Å². The zero-order chi connectivity index (χ0) is 14.7. The molecule has 0 bridgehead atoms. The molecule has 0 radical (unpaired) electrons. The van der Waals surface area contributed by atoms with Gasteiger partial charge in [0.2, 0.25) is 5.91 Å². The lowest BCUT2D eigenvalue weighted by molar-refractivity contribution is -0.122. The molecule has 7 heteroatoms. The Hall–Kier alpha value is -2.18. The van der Waals surface area contributed by atoms with Crippen molar-refractivity contribution in [2.45, 2.75) is 51.2 Å². The summed E-state index contributed by atoms with van der Waals surface area (Å²) in [6, 6.07) is 0.326. The third kappa shape index (κ3) is 3.12. The Morgan fingerprint density at radius 1 is 1.43 bits per heavy atom. The predicted octanol–water partition coefficient (Wildman–Crippen LogP) is 1.47. The highest BCUT2D eigenvalue weighted by Gasteiger charge is 2.23. The van der Waals surface area contributed by atoms with E-state index >= 15 is 0 Å². The monoisotopic (exact) mass is 288 g/mol. The third-order valence-corrected chi connectivity index (χ3v) is 3.97. The maximum absolute atomic E-state index is 12.0. The first-order valence-electron chi connectivity index (χ1n) is 7.38. The number of nitrogens with zero attached hydrogens (tertiary/aromatic N) is 5. The number of aromatic nitrogens is 5. The molecule has 0 aromatic carbocycles. The van der Waals surface area contributed by atoms with Crippen molar-refractivity contribution in [1.82, 2.24) is 29.6 Å². The second-order valence-corrected chi connectivity index (χ2v) is 5.56. The van der Waals surface area contributed by atoms with Crippen LogP contribution in [0.5, 0.6) is 0 Å². The molecule has 1 atom stereocenters. The summed E-state index contributed by atoms with van der Waals surface area (Å²) in [4.78, 5) is 16.0. The van der Waals surface area contributed by atoms with Crippen LogP contribution in [0.1, 0.15) is 50.5 Å². The van der Waals surface area contributed by atoms with Gasteiger partial charge in [-0.15, -0.1) is 10.2 Å². The summed E-state index contributed by atoms with van der Waals surface area (Å²) in [6.07, 6.45) is 11.7. The number of nitrogens with one attached hydrogen (secondary N) is 1. The van der Waals surface area contributed by atoms with Gasteiger partial charge in [-0.05, 0) is 19.8 Å². The van der Waals surface area contributed by atoms with Crippen molar-refractivity contribution in [2.24, 2.45) is 0 Å². The largest absolute Gasteiger partial charge is 0.345 e. The Morgan fingerprint density at radius 2 is 2.24 bits per heavy atom. The van der Waals surface area contributed by atoms with Crippen molar-refractivity contribution in [1.29, 1.82) is 0 Å². The molecule has 1 amide bonds. The summed E-state index contributed by atoms with van der Waals surface area (Å²) in [5, 5.41) is 11.2. The average molecular weight is 288 g/mol. The zero-order valence-electron chi connectivity index (χ0n) is 12.1. The van der Waals surface area contributed by atoms with Crippen molar-refractivity contribution in [3.05, 3.63) is 30.9 Å². The van der Waals surface area contributed by atoms with E-state index < -0.39 is 0 Å². The zero-order valence-corrected chi connectivity index (χ0v) is 12.1. The normalized spacial score (nSPS) is 17.0. The first-order chi connectivity index (χ1) is 10.2. The Bertz CT molecular complexity index is 584. The molecule has 1 saturated carbocycles. The van der Waals surface area contributed by atoms with Gasteiger partial charge in [0, 0.05) is 18.4 Å². The molecule has 1 fully saturated rings. The van der Waals surface area contributed by atoms with Gasteiger partial charge in [-0.3, -0.25) is 4.79 Å². The molecule has 1 N–H and O–H groups in total. The summed E-state index contributed by atoms with van der Waals surface area (Å²) in [5.74, 6) is 0.780. The molecule has 1 aliphatic carbocycles. The van der Waals surface area contributed by atoms with E-state index in [1.54, 1.807) is 29.6 Å². The van der Waals surface area contributed by atoms with Crippen molar-refractivity contribution >= 4 is 5.91 Å². The SMILES string of the molecule is C[C@@H](NC(=O)Cn1ccnc1)c1nncn1C1CCCC1. The number of carbonyl (C=O) groups is 1. The molecular weight excluding hydrogens is 268 g/mol. The summed E-state index contributed by atoms with van der Waals surface area (Å²) in [5.41, 5.74) is 0. The van der Waals surface area contributed by atoms with Crippen LogP contribution in [-0.2, 0) is 11.3 Å². The van der Waals surface area contributed by atoms with E-state index in [0.717, 1.165) is 5.82 Å². The highest BCUT2D eigenvalue weighted by atomic mass is 16.2. The lowest BCUT2D eigenvalue weighted by atomic mass is 10.2. The molecule has 1 aliphatic rings. The van der Waals surface area contributed by atoms with Crippen LogP contribution in [-0.4, -0.2) is 30.2 Å². The molecule has 3 rings (SSSR count). The van der Waals surface area contributed by atoms with Gasteiger partial charge >= 0.3 is 0 Å². The van der Waals surface area contributed by atoms with E-state index in [2.05, 4.69) is 25.1 Å². The molecule has 2 aromatic heterocycles. The number of amides is 1. The van der Waals surface area contributed by atoms with Crippen LogP contribution in [0.15, 0.2) is 25.0 Å². The van der Waals surface area contributed by atoms with Crippen LogP contribution in [0.2, 0.25) is 0 Å². The smallest absolute Gasteiger partial charge is 0.240 e. The van der Waals surface area contributed by atoms with Gasteiger partial charge in [-0.25, -0.2) is 4.98 Å². The number of rotatable bonds is 5.